The minimum Gasteiger partial charge on any atom is -0.381 e. The molecule has 5 heteroatoms. The van der Waals surface area contributed by atoms with Gasteiger partial charge < -0.3 is 11.1 Å². The van der Waals surface area contributed by atoms with Gasteiger partial charge in [0.05, 0.1) is 0 Å². The fourth-order valence-electron chi connectivity index (χ4n) is 2.82. The van der Waals surface area contributed by atoms with Crippen molar-refractivity contribution in [3.8, 4) is 0 Å². The molecule has 0 bridgehead atoms. The van der Waals surface area contributed by atoms with Gasteiger partial charge in [0, 0.05) is 12.6 Å². The predicted octanol–water partition coefficient (Wildman–Crippen LogP) is 3.57. The lowest BCUT2D eigenvalue weighted by Gasteiger charge is -2.26. The number of halogens is 2. The lowest BCUT2D eigenvalue weighted by molar-refractivity contribution is 0.274. The third-order valence-electron chi connectivity index (χ3n) is 3.85. The molecule has 0 amide bonds. The maximum Gasteiger partial charge on any atom is 0.168 e. The summed E-state index contributed by atoms with van der Waals surface area (Å²) in [6, 6.07) is 0.771. The minimum absolute atomic E-state index is 0.0442. The number of aromatic nitrogens is 1. The highest BCUT2D eigenvalue weighted by atomic mass is 19.1. The molecule has 3 N–H and O–H groups in total. The monoisotopic (exact) mass is 269 g/mol. The number of anilines is 2. The van der Waals surface area contributed by atoms with Gasteiger partial charge in [-0.25, -0.2) is 13.8 Å². The lowest BCUT2D eigenvalue weighted by Crippen LogP contribution is -2.17. The molecule has 1 heterocycles. The summed E-state index contributed by atoms with van der Waals surface area (Å²) in [5.74, 6) is -0.252. The van der Waals surface area contributed by atoms with E-state index in [9.17, 15) is 8.78 Å². The van der Waals surface area contributed by atoms with Gasteiger partial charge in [0.15, 0.2) is 23.3 Å². The van der Waals surface area contributed by atoms with Gasteiger partial charge in [0.2, 0.25) is 0 Å². The fourth-order valence-corrected chi connectivity index (χ4v) is 2.82. The second-order valence-corrected chi connectivity index (χ2v) is 5.54. The van der Waals surface area contributed by atoms with Crippen LogP contribution in [0.4, 0.5) is 20.4 Å². The van der Waals surface area contributed by atoms with Gasteiger partial charge in [-0.15, -0.1) is 0 Å². The zero-order valence-corrected chi connectivity index (χ0v) is 11.3. The largest absolute Gasteiger partial charge is 0.381 e. The van der Waals surface area contributed by atoms with Crippen LogP contribution in [-0.2, 0) is 0 Å². The molecule has 0 spiro atoms. The van der Waals surface area contributed by atoms with E-state index < -0.39 is 11.6 Å². The Bertz CT molecular complexity index is 437. The predicted molar refractivity (Wildman–Crippen MR) is 72.8 cm³/mol. The zero-order valence-electron chi connectivity index (χ0n) is 11.3. The number of rotatable bonds is 4. The number of nitrogen functional groups attached to an aromatic ring is 1. The summed E-state index contributed by atoms with van der Waals surface area (Å²) in [7, 11) is 0. The Labute approximate surface area is 112 Å². The summed E-state index contributed by atoms with van der Waals surface area (Å²) in [5.41, 5.74) is 5.33. The van der Waals surface area contributed by atoms with E-state index in [1.165, 1.54) is 25.7 Å². The first-order valence-electron chi connectivity index (χ1n) is 6.91. The van der Waals surface area contributed by atoms with Crippen LogP contribution in [0.25, 0.3) is 0 Å². The van der Waals surface area contributed by atoms with Crippen molar-refractivity contribution >= 4 is 11.6 Å². The Morgan fingerprint density at radius 3 is 2.89 bits per heavy atom. The molecule has 0 radical (unpaired) electrons. The molecule has 1 saturated carbocycles. The molecule has 1 fully saturated rings. The van der Waals surface area contributed by atoms with Crippen molar-refractivity contribution in [3.63, 3.8) is 0 Å². The van der Waals surface area contributed by atoms with Gasteiger partial charge in [-0.05, 0) is 24.7 Å². The molecule has 1 aromatic heterocycles. The number of pyridine rings is 1. The molecular weight excluding hydrogens is 248 g/mol. The van der Waals surface area contributed by atoms with Crippen molar-refractivity contribution < 1.29 is 8.78 Å². The van der Waals surface area contributed by atoms with Crippen LogP contribution in [0.1, 0.15) is 39.0 Å². The van der Waals surface area contributed by atoms with E-state index in [0.717, 1.165) is 18.4 Å². The van der Waals surface area contributed by atoms with Gasteiger partial charge in [0.1, 0.15) is 0 Å². The average molecular weight is 269 g/mol. The number of nitrogens with zero attached hydrogens (tertiary/aromatic N) is 1. The number of nitrogens with two attached hydrogens (primary N) is 1. The summed E-state index contributed by atoms with van der Waals surface area (Å²) in [5, 5.41) is 2.91. The molecule has 19 heavy (non-hydrogen) atoms. The first-order valence-corrected chi connectivity index (χ1v) is 6.91. The molecule has 2 atom stereocenters. The van der Waals surface area contributed by atoms with Crippen LogP contribution in [0.15, 0.2) is 6.07 Å². The highest BCUT2D eigenvalue weighted by molar-refractivity contribution is 5.44. The van der Waals surface area contributed by atoms with Gasteiger partial charge >= 0.3 is 0 Å². The van der Waals surface area contributed by atoms with E-state index in [-0.39, 0.29) is 11.6 Å². The zero-order chi connectivity index (χ0) is 13.8. The van der Waals surface area contributed by atoms with Crippen LogP contribution in [0, 0.1) is 23.5 Å². The van der Waals surface area contributed by atoms with E-state index in [0.29, 0.717) is 12.5 Å². The Kier molecular flexibility index (Phi) is 4.56. The molecule has 0 saturated heterocycles. The van der Waals surface area contributed by atoms with Crippen LogP contribution < -0.4 is 11.1 Å². The molecule has 2 unspecified atom stereocenters. The van der Waals surface area contributed by atoms with Gasteiger partial charge in [-0.1, -0.05) is 26.2 Å². The molecule has 1 aliphatic carbocycles. The fraction of sp³-hybridized carbons (Fsp3) is 0.643. The Balaban J connectivity index is 1.84. The third-order valence-corrected chi connectivity index (χ3v) is 3.85. The normalized spacial score (nSPS) is 23.3. The van der Waals surface area contributed by atoms with Gasteiger partial charge in [-0.3, -0.25) is 0 Å². The summed E-state index contributed by atoms with van der Waals surface area (Å²) in [6.45, 7) is 2.92. The smallest absolute Gasteiger partial charge is 0.168 e. The average Bonchev–Trinajstić information content (AvgIpc) is 2.35. The molecule has 3 nitrogen and oxygen atoms in total. The lowest BCUT2D eigenvalue weighted by atomic mass is 9.81. The van der Waals surface area contributed by atoms with Crippen molar-refractivity contribution in [1.82, 2.24) is 4.98 Å². The van der Waals surface area contributed by atoms with E-state index in [1.807, 2.05) is 0 Å². The highest BCUT2D eigenvalue weighted by Gasteiger charge is 2.18. The van der Waals surface area contributed by atoms with E-state index in [2.05, 4.69) is 17.2 Å². The summed E-state index contributed by atoms with van der Waals surface area (Å²) >= 11 is 0. The van der Waals surface area contributed by atoms with E-state index in [4.69, 9.17) is 5.73 Å². The maximum atomic E-state index is 13.4. The summed E-state index contributed by atoms with van der Waals surface area (Å²) in [4.78, 5) is 3.69. The summed E-state index contributed by atoms with van der Waals surface area (Å²) < 4.78 is 26.4. The second-order valence-electron chi connectivity index (χ2n) is 5.54. The Hall–Kier alpha value is -1.39. The molecule has 0 aliphatic heterocycles. The molecule has 106 valence electrons. The highest BCUT2D eigenvalue weighted by Crippen LogP contribution is 2.30. The maximum absolute atomic E-state index is 13.4. The van der Waals surface area contributed by atoms with E-state index in [1.54, 1.807) is 0 Å². The first kappa shape index (κ1) is 14.0. The van der Waals surface area contributed by atoms with Gasteiger partial charge in [0.25, 0.3) is 0 Å². The van der Waals surface area contributed by atoms with Crippen molar-refractivity contribution in [2.45, 2.75) is 39.0 Å². The van der Waals surface area contributed by atoms with Crippen molar-refractivity contribution in [2.24, 2.45) is 11.8 Å². The standard InChI is InChI=1S/C14H21F2N3/c1-9-3-2-4-10(7-9)5-6-18-14-12(16)8-11(15)13(17)19-14/h8-10H,2-7H2,1H3,(H3,17,18,19). The van der Waals surface area contributed by atoms with Crippen LogP contribution in [0.3, 0.4) is 0 Å². The molecule has 1 aromatic rings. The topological polar surface area (TPSA) is 50.9 Å². The number of nitrogens with one attached hydrogen (secondary N) is 1. The van der Waals surface area contributed by atoms with Crippen LogP contribution in [0.2, 0.25) is 0 Å². The minimum atomic E-state index is -0.816. The quantitative estimate of drug-likeness (QED) is 0.878. The third kappa shape index (κ3) is 3.78. The van der Waals surface area contributed by atoms with E-state index >= 15 is 0 Å². The Morgan fingerprint density at radius 2 is 2.16 bits per heavy atom. The van der Waals surface area contributed by atoms with Crippen LogP contribution >= 0.6 is 0 Å². The van der Waals surface area contributed by atoms with Crippen LogP contribution in [0.5, 0.6) is 0 Å². The van der Waals surface area contributed by atoms with Crippen molar-refractivity contribution in [1.29, 1.82) is 0 Å². The summed E-state index contributed by atoms with van der Waals surface area (Å²) in [6.07, 6.45) is 6.07. The number of hydrogen-bond donors (Lipinski definition) is 2. The molecular formula is C14H21F2N3. The second kappa shape index (κ2) is 6.17. The number of hydrogen-bond acceptors (Lipinski definition) is 3. The van der Waals surface area contributed by atoms with Crippen molar-refractivity contribution in [2.75, 3.05) is 17.6 Å². The Morgan fingerprint density at radius 1 is 1.37 bits per heavy atom. The molecule has 1 aliphatic rings. The van der Waals surface area contributed by atoms with Crippen LogP contribution in [-0.4, -0.2) is 11.5 Å². The molecule has 2 rings (SSSR count). The van der Waals surface area contributed by atoms with Crippen molar-refractivity contribution in [3.05, 3.63) is 17.7 Å². The van der Waals surface area contributed by atoms with Gasteiger partial charge in [-0.2, -0.15) is 0 Å². The molecule has 0 aromatic carbocycles. The first-order chi connectivity index (χ1) is 9.06. The SMILES string of the molecule is CC1CCCC(CCNc2nc(N)c(F)cc2F)C1.